The third-order valence-electron chi connectivity index (χ3n) is 1.82. The molecule has 0 aliphatic rings. The van der Waals surface area contributed by atoms with Gasteiger partial charge in [-0.25, -0.2) is 0 Å². The fourth-order valence-corrected chi connectivity index (χ4v) is 2.24. The summed E-state index contributed by atoms with van der Waals surface area (Å²) in [5, 5.41) is 6.58. The fourth-order valence-electron chi connectivity index (χ4n) is 1.18. The van der Waals surface area contributed by atoms with Crippen LogP contribution in [0, 0.1) is 3.57 Å². The number of rotatable bonds is 4. The molecule has 1 aromatic rings. The molecule has 0 spiro atoms. The summed E-state index contributed by atoms with van der Waals surface area (Å²) in [5.74, 6) is -0.0132. The van der Waals surface area contributed by atoms with E-state index in [2.05, 4.69) is 33.2 Å². The maximum Gasteiger partial charge on any atom is 0.239 e. The quantitative estimate of drug-likeness (QED) is 0.818. The molecule has 0 saturated carbocycles. The average Bonchev–Trinajstić information content (AvgIpc) is 2.15. The van der Waals surface area contributed by atoms with Gasteiger partial charge in [0, 0.05) is 20.3 Å². The molecule has 0 bridgehead atoms. The molecule has 0 aliphatic heterocycles. The number of amides is 1. The Balaban J connectivity index is 2.51. The summed E-state index contributed by atoms with van der Waals surface area (Å²) in [4.78, 5) is 11.4. The molecule has 3 nitrogen and oxygen atoms in total. The summed E-state index contributed by atoms with van der Waals surface area (Å²) in [5.41, 5.74) is 0.920. The van der Waals surface area contributed by atoms with Crippen LogP contribution in [0.25, 0.3) is 0 Å². The zero-order chi connectivity index (χ0) is 12.1. The highest BCUT2D eigenvalue weighted by Crippen LogP contribution is 2.21. The Bertz CT molecular complexity index is 382. The summed E-state index contributed by atoms with van der Waals surface area (Å²) >= 11 is 8.02. The van der Waals surface area contributed by atoms with Gasteiger partial charge in [-0.3, -0.25) is 4.79 Å². The molecule has 0 aliphatic carbocycles. The van der Waals surface area contributed by atoms with E-state index in [1.54, 1.807) is 6.07 Å². The molecule has 0 saturated heterocycles. The predicted octanol–water partition coefficient (Wildman–Crippen LogP) is 2.88. The molecule has 16 heavy (non-hydrogen) atoms. The molecule has 0 atom stereocenters. The number of hydrogen-bond donors (Lipinski definition) is 2. The van der Waals surface area contributed by atoms with Crippen molar-refractivity contribution in [3.63, 3.8) is 0 Å². The smallest absolute Gasteiger partial charge is 0.239 e. The summed E-state index contributed by atoms with van der Waals surface area (Å²) in [6.07, 6.45) is 0. The third-order valence-corrected chi connectivity index (χ3v) is 2.95. The van der Waals surface area contributed by atoms with Gasteiger partial charge in [-0.15, -0.1) is 0 Å². The number of carbonyl (C=O) groups is 1. The fraction of sp³-hybridized carbons (Fsp3) is 0.364. The second-order valence-corrected chi connectivity index (χ2v) is 5.30. The highest BCUT2D eigenvalue weighted by molar-refractivity contribution is 14.1. The highest BCUT2D eigenvalue weighted by Gasteiger charge is 2.04. The maximum atomic E-state index is 11.4. The van der Waals surface area contributed by atoms with Crippen molar-refractivity contribution in [3.05, 3.63) is 26.8 Å². The summed E-state index contributed by atoms with van der Waals surface area (Å²) < 4.78 is 1.00. The Kier molecular flexibility index (Phi) is 5.34. The lowest BCUT2D eigenvalue weighted by atomic mass is 10.3. The third kappa shape index (κ3) is 4.57. The first-order valence-corrected chi connectivity index (χ1v) is 6.43. The van der Waals surface area contributed by atoms with Crippen LogP contribution in [-0.2, 0) is 4.79 Å². The van der Waals surface area contributed by atoms with Crippen LogP contribution in [-0.4, -0.2) is 18.5 Å². The Hall–Kier alpha value is -0.490. The summed E-state index contributed by atoms with van der Waals surface area (Å²) in [7, 11) is 0. The van der Waals surface area contributed by atoms with Crippen molar-refractivity contribution in [1.29, 1.82) is 0 Å². The van der Waals surface area contributed by atoms with Gasteiger partial charge in [0.15, 0.2) is 0 Å². The number of hydrogen-bond acceptors (Lipinski definition) is 2. The topological polar surface area (TPSA) is 41.1 Å². The van der Waals surface area contributed by atoms with E-state index >= 15 is 0 Å². The van der Waals surface area contributed by atoms with Gasteiger partial charge in [-0.2, -0.15) is 0 Å². The van der Waals surface area contributed by atoms with Crippen LogP contribution in [0.3, 0.4) is 0 Å². The number of halogens is 2. The minimum Gasteiger partial charge on any atom is -0.375 e. The Labute approximate surface area is 114 Å². The predicted molar refractivity (Wildman–Crippen MR) is 75.9 cm³/mol. The molecule has 0 heterocycles. The van der Waals surface area contributed by atoms with Crippen LogP contribution in [0.4, 0.5) is 5.69 Å². The standard InChI is InChI=1S/C11H14ClIN2O/c1-7(2)15-11(16)6-14-10-4-3-8(12)5-9(10)13/h3-5,7,14H,6H2,1-2H3,(H,15,16). The summed E-state index contributed by atoms with van der Waals surface area (Å²) in [6, 6.07) is 5.68. The Morgan fingerprint density at radius 2 is 2.19 bits per heavy atom. The molecule has 1 rings (SSSR count). The van der Waals surface area contributed by atoms with E-state index in [1.807, 2.05) is 26.0 Å². The minimum atomic E-state index is -0.0132. The van der Waals surface area contributed by atoms with Crippen molar-refractivity contribution in [2.45, 2.75) is 19.9 Å². The van der Waals surface area contributed by atoms with Crippen molar-refractivity contribution in [3.8, 4) is 0 Å². The Morgan fingerprint density at radius 1 is 1.50 bits per heavy atom. The van der Waals surface area contributed by atoms with Crippen molar-refractivity contribution in [2.75, 3.05) is 11.9 Å². The lowest BCUT2D eigenvalue weighted by Gasteiger charge is -2.11. The molecule has 1 amide bonds. The van der Waals surface area contributed by atoms with Gasteiger partial charge in [0.2, 0.25) is 5.91 Å². The van der Waals surface area contributed by atoms with E-state index in [4.69, 9.17) is 11.6 Å². The van der Waals surface area contributed by atoms with Crippen molar-refractivity contribution < 1.29 is 4.79 Å². The molecule has 0 fully saturated rings. The van der Waals surface area contributed by atoms with Crippen LogP contribution in [0.2, 0.25) is 5.02 Å². The van der Waals surface area contributed by atoms with Crippen LogP contribution in [0.15, 0.2) is 18.2 Å². The second kappa shape index (κ2) is 6.30. The number of anilines is 1. The van der Waals surface area contributed by atoms with Gasteiger partial charge in [-0.1, -0.05) is 11.6 Å². The van der Waals surface area contributed by atoms with Crippen molar-refractivity contribution in [2.24, 2.45) is 0 Å². The van der Waals surface area contributed by atoms with Crippen LogP contribution in [0.5, 0.6) is 0 Å². The molecule has 5 heteroatoms. The maximum absolute atomic E-state index is 11.4. The summed E-state index contributed by atoms with van der Waals surface area (Å²) in [6.45, 7) is 4.14. The van der Waals surface area contributed by atoms with E-state index in [0.29, 0.717) is 5.02 Å². The normalized spacial score (nSPS) is 10.3. The second-order valence-electron chi connectivity index (χ2n) is 3.70. The highest BCUT2D eigenvalue weighted by atomic mass is 127. The van der Waals surface area contributed by atoms with E-state index in [0.717, 1.165) is 9.26 Å². The van der Waals surface area contributed by atoms with Gasteiger partial charge in [-0.05, 0) is 54.6 Å². The monoisotopic (exact) mass is 352 g/mol. The minimum absolute atomic E-state index is 0.0132. The molecular formula is C11H14ClIN2O. The van der Waals surface area contributed by atoms with E-state index in [9.17, 15) is 4.79 Å². The SMILES string of the molecule is CC(C)NC(=O)CNc1ccc(Cl)cc1I. The molecule has 0 aromatic heterocycles. The van der Waals surface area contributed by atoms with Gasteiger partial charge < -0.3 is 10.6 Å². The zero-order valence-corrected chi connectivity index (χ0v) is 12.1. The van der Waals surface area contributed by atoms with Crippen molar-refractivity contribution in [1.82, 2.24) is 5.32 Å². The lowest BCUT2D eigenvalue weighted by molar-refractivity contribution is -0.119. The zero-order valence-electron chi connectivity index (χ0n) is 9.18. The van der Waals surface area contributed by atoms with Gasteiger partial charge in [0.25, 0.3) is 0 Å². The molecule has 1 aromatic carbocycles. The lowest BCUT2D eigenvalue weighted by Crippen LogP contribution is -2.34. The largest absolute Gasteiger partial charge is 0.375 e. The van der Waals surface area contributed by atoms with Crippen LogP contribution < -0.4 is 10.6 Å². The van der Waals surface area contributed by atoms with Crippen LogP contribution in [0.1, 0.15) is 13.8 Å². The first-order chi connectivity index (χ1) is 7.49. The number of carbonyl (C=O) groups excluding carboxylic acids is 1. The molecular weight excluding hydrogens is 338 g/mol. The van der Waals surface area contributed by atoms with Crippen molar-refractivity contribution >= 4 is 45.8 Å². The van der Waals surface area contributed by atoms with Crippen LogP contribution >= 0.6 is 34.2 Å². The molecule has 88 valence electrons. The first kappa shape index (κ1) is 13.6. The van der Waals surface area contributed by atoms with E-state index in [-0.39, 0.29) is 18.5 Å². The molecule has 0 unspecified atom stereocenters. The van der Waals surface area contributed by atoms with E-state index in [1.165, 1.54) is 0 Å². The van der Waals surface area contributed by atoms with E-state index < -0.39 is 0 Å². The van der Waals surface area contributed by atoms with Gasteiger partial charge in [0.05, 0.1) is 6.54 Å². The van der Waals surface area contributed by atoms with Gasteiger partial charge in [0.1, 0.15) is 0 Å². The molecule has 2 N–H and O–H groups in total. The average molecular weight is 353 g/mol. The Morgan fingerprint density at radius 3 is 2.75 bits per heavy atom. The number of benzene rings is 1. The van der Waals surface area contributed by atoms with Gasteiger partial charge >= 0.3 is 0 Å². The molecule has 0 radical (unpaired) electrons. The number of nitrogens with one attached hydrogen (secondary N) is 2. The first-order valence-electron chi connectivity index (χ1n) is 4.97.